The SMILES string of the molecule is CCOC(=O)c1oc2ccccc2c(=O)c1OCc1ccccc1. The number of para-hydroxylation sites is 1. The highest BCUT2D eigenvalue weighted by Gasteiger charge is 2.23. The van der Waals surface area contributed by atoms with Crippen LogP contribution in [0.3, 0.4) is 0 Å². The number of fused-ring (bicyclic) bond motifs is 1. The summed E-state index contributed by atoms with van der Waals surface area (Å²) in [7, 11) is 0. The van der Waals surface area contributed by atoms with E-state index >= 15 is 0 Å². The van der Waals surface area contributed by atoms with Crippen molar-refractivity contribution in [1.29, 1.82) is 0 Å². The van der Waals surface area contributed by atoms with Crippen molar-refractivity contribution in [2.75, 3.05) is 6.61 Å². The van der Waals surface area contributed by atoms with Crippen LogP contribution in [-0.4, -0.2) is 12.6 Å². The molecule has 0 aliphatic rings. The monoisotopic (exact) mass is 324 g/mol. The van der Waals surface area contributed by atoms with Gasteiger partial charge in [0.05, 0.1) is 12.0 Å². The van der Waals surface area contributed by atoms with E-state index in [1.54, 1.807) is 31.2 Å². The second kappa shape index (κ2) is 7.00. The van der Waals surface area contributed by atoms with E-state index in [0.29, 0.717) is 11.0 Å². The Kier molecular flexibility index (Phi) is 4.61. The van der Waals surface area contributed by atoms with Crippen LogP contribution in [-0.2, 0) is 11.3 Å². The number of carbonyl (C=O) groups excluding carboxylic acids is 1. The van der Waals surface area contributed by atoms with Gasteiger partial charge in [0.15, 0.2) is 0 Å². The molecule has 0 N–H and O–H groups in total. The largest absolute Gasteiger partial charge is 0.481 e. The summed E-state index contributed by atoms with van der Waals surface area (Å²) >= 11 is 0. The molecule has 0 atom stereocenters. The Balaban J connectivity index is 2.05. The van der Waals surface area contributed by atoms with Crippen LogP contribution in [0.4, 0.5) is 0 Å². The average Bonchev–Trinajstić information content (AvgIpc) is 2.62. The van der Waals surface area contributed by atoms with Gasteiger partial charge in [-0.3, -0.25) is 4.79 Å². The minimum absolute atomic E-state index is 0.129. The fourth-order valence-corrected chi connectivity index (χ4v) is 2.32. The second-order valence-electron chi connectivity index (χ2n) is 5.08. The van der Waals surface area contributed by atoms with Crippen LogP contribution in [0, 0.1) is 0 Å². The summed E-state index contributed by atoms with van der Waals surface area (Å²) in [6, 6.07) is 16.1. The smallest absolute Gasteiger partial charge is 0.378 e. The van der Waals surface area contributed by atoms with E-state index in [9.17, 15) is 9.59 Å². The van der Waals surface area contributed by atoms with Crippen LogP contribution in [0.25, 0.3) is 11.0 Å². The molecule has 0 unspecified atom stereocenters. The van der Waals surface area contributed by atoms with Crippen LogP contribution >= 0.6 is 0 Å². The molecule has 2 aromatic carbocycles. The Bertz CT molecular complexity index is 912. The summed E-state index contributed by atoms with van der Waals surface area (Å²) in [6.07, 6.45) is 0. The summed E-state index contributed by atoms with van der Waals surface area (Å²) in [5.74, 6) is -1.06. The summed E-state index contributed by atoms with van der Waals surface area (Å²) in [5, 5.41) is 0.355. The average molecular weight is 324 g/mol. The van der Waals surface area contributed by atoms with Gasteiger partial charge in [-0.1, -0.05) is 42.5 Å². The molecule has 3 rings (SSSR count). The molecule has 24 heavy (non-hydrogen) atoms. The highest BCUT2D eigenvalue weighted by atomic mass is 16.6. The third-order valence-corrected chi connectivity index (χ3v) is 3.44. The van der Waals surface area contributed by atoms with Crippen molar-refractivity contribution in [2.24, 2.45) is 0 Å². The molecule has 0 aliphatic carbocycles. The maximum absolute atomic E-state index is 12.7. The molecule has 0 aliphatic heterocycles. The zero-order valence-corrected chi connectivity index (χ0v) is 13.2. The van der Waals surface area contributed by atoms with E-state index in [1.165, 1.54) is 0 Å². The molecule has 0 radical (unpaired) electrons. The Morgan fingerprint density at radius 1 is 1.04 bits per heavy atom. The van der Waals surface area contributed by atoms with Crippen LogP contribution in [0.2, 0.25) is 0 Å². The maximum Gasteiger partial charge on any atom is 0.378 e. The zero-order chi connectivity index (χ0) is 16.9. The van der Waals surface area contributed by atoms with Crippen LogP contribution in [0.1, 0.15) is 23.0 Å². The maximum atomic E-state index is 12.7. The molecular weight excluding hydrogens is 308 g/mol. The van der Waals surface area contributed by atoms with E-state index in [1.807, 2.05) is 30.3 Å². The van der Waals surface area contributed by atoms with Crippen molar-refractivity contribution in [2.45, 2.75) is 13.5 Å². The Morgan fingerprint density at radius 3 is 2.50 bits per heavy atom. The van der Waals surface area contributed by atoms with Crippen LogP contribution in [0.5, 0.6) is 5.75 Å². The van der Waals surface area contributed by atoms with Crippen molar-refractivity contribution in [1.82, 2.24) is 0 Å². The van der Waals surface area contributed by atoms with Crippen molar-refractivity contribution >= 4 is 16.9 Å². The summed E-state index contributed by atoms with van der Waals surface area (Å²) < 4.78 is 16.2. The molecule has 3 aromatic rings. The highest BCUT2D eigenvalue weighted by molar-refractivity contribution is 5.92. The zero-order valence-electron chi connectivity index (χ0n) is 13.2. The third kappa shape index (κ3) is 3.15. The molecule has 122 valence electrons. The molecule has 0 spiro atoms. The lowest BCUT2D eigenvalue weighted by Gasteiger charge is -2.10. The van der Waals surface area contributed by atoms with Gasteiger partial charge in [0.1, 0.15) is 12.2 Å². The van der Waals surface area contributed by atoms with E-state index in [0.717, 1.165) is 5.56 Å². The van der Waals surface area contributed by atoms with Gasteiger partial charge in [-0.25, -0.2) is 4.79 Å². The Hall–Kier alpha value is -3.08. The number of benzene rings is 2. The van der Waals surface area contributed by atoms with Gasteiger partial charge in [-0.05, 0) is 24.6 Å². The van der Waals surface area contributed by atoms with Gasteiger partial charge in [0, 0.05) is 0 Å². The molecule has 0 saturated heterocycles. The normalized spacial score (nSPS) is 10.5. The van der Waals surface area contributed by atoms with Gasteiger partial charge >= 0.3 is 5.97 Å². The van der Waals surface area contributed by atoms with Crippen LogP contribution in [0.15, 0.2) is 63.8 Å². The number of ether oxygens (including phenoxy) is 2. The molecule has 1 heterocycles. The highest BCUT2D eigenvalue weighted by Crippen LogP contribution is 2.22. The minimum atomic E-state index is -0.719. The predicted molar refractivity (Wildman–Crippen MR) is 89.2 cm³/mol. The Labute approximate surface area is 138 Å². The molecule has 5 heteroatoms. The minimum Gasteiger partial charge on any atom is -0.481 e. The molecule has 5 nitrogen and oxygen atoms in total. The molecular formula is C19H16O5. The second-order valence-corrected chi connectivity index (χ2v) is 5.08. The van der Waals surface area contributed by atoms with Crippen molar-refractivity contribution in [3.05, 3.63) is 76.1 Å². The molecule has 0 bridgehead atoms. The van der Waals surface area contributed by atoms with Crippen molar-refractivity contribution in [3.63, 3.8) is 0 Å². The number of hydrogen-bond donors (Lipinski definition) is 0. The van der Waals surface area contributed by atoms with Gasteiger partial charge in [-0.15, -0.1) is 0 Å². The van der Waals surface area contributed by atoms with Crippen molar-refractivity contribution in [3.8, 4) is 5.75 Å². The molecule has 0 fully saturated rings. The van der Waals surface area contributed by atoms with E-state index in [-0.39, 0.29) is 24.7 Å². The first-order chi connectivity index (χ1) is 11.7. The summed E-state index contributed by atoms with van der Waals surface area (Å²) in [5.41, 5.74) is 0.799. The fourth-order valence-electron chi connectivity index (χ4n) is 2.32. The topological polar surface area (TPSA) is 65.7 Å². The van der Waals surface area contributed by atoms with Gasteiger partial charge in [-0.2, -0.15) is 0 Å². The Morgan fingerprint density at radius 2 is 1.75 bits per heavy atom. The summed E-state index contributed by atoms with van der Waals surface area (Å²) in [4.78, 5) is 24.8. The van der Waals surface area contributed by atoms with Gasteiger partial charge < -0.3 is 13.9 Å². The lowest BCUT2D eigenvalue weighted by atomic mass is 10.2. The number of hydrogen-bond acceptors (Lipinski definition) is 5. The third-order valence-electron chi connectivity index (χ3n) is 3.44. The molecule has 0 saturated carbocycles. The number of carbonyl (C=O) groups is 1. The van der Waals surface area contributed by atoms with E-state index in [4.69, 9.17) is 13.9 Å². The lowest BCUT2D eigenvalue weighted by Crippen LogP contribution is -2.16. The number of rotatable bonds is 5. The standard InChI is InChI=1S/C19H16O5/c1-2-22-19(21)18-17(23-12-13-8-4-3-5-9-13)16(20)14-10-6-7-11-15(14)24-18/h3-11H,2,12H2,1H3. The van der Waals surface area contributed by atoms with Gasteiger partial charge in [0.2, 0.25) is 11.2 Å². The van der Waals surface area contributed by atoms with Crippen LogP contribution < -0.4 is 10.2 Å². The predicted octanol–water partition coefficient (Wildman–Crippen LogP) is 3.55. The summed E-state index contributed by atoms with van der Waals surface area (Å²) in [6.45, 7) is 2.01. The first-order valence-corrected chi connectivity index (χ1v) is 7.60. The lowest BCUT2D eigenvalue weighted by molar-refractivity contribution is 0.0482. The quantitative estimate of drug-likeness (QED) is 0.672. The van der Waals surface area contributed by atoms with E-state index in [2.05, 4.69) is 0 Å². The fraction of sp³-hybridized carbons (Fsp3) is 0.158. The number of esters is 1. The molecule has 1 aromatic heterocycles. The first-order valence-electron chi connectivity index (χ1n) is 7.60. The molecule has 0 amide bonds. The van der Waals surface area contributed by atoms with E-state index < -0.39 is 11.4 Å². The van der Waals surface area contributed by atoms with Crippen molar-refractivity contribution < 1.29 is 18.7 Å². The van der Waals surface area contributed by atoms with Gasteiger partial charge in [0.25, 0.3) is 5.76 Å². The first kappa shape index (κ1) is 15.8.